The summed E-state index contributed by atoms with van der Waals surface area (Å²) in [5.74, 6) is 0.777. The first kappa shape index (κ1) is 12.7. The van der Waals surface area contributed by atoms with Gasteiger partial charge in [-0.05, 0) is 30.2 Å². The van der Waals surface area contributed by atoms with Gasteiger partial charge in [0.05, 0.1) is 6.07 Å². The van der Waals surface area contributed by atoms with Crippen molar-refractivity contribution in [3.8, 4) is 11.8 Å². The molecule has 3 nitrogen and oxygen atoms in total. The van der Waals surface area contributed by atoms with Crippen molar-refractivity contribution in [1.82, 2.24) is 0 Å². The van der Waals surface area contributed by atoms with E-state index in [-0.39, 0.29) is 0 Å². The first-order chi connectivity index (χ1) is 9.81. The van der Waals surface area contributed by atoms with Crippen molar-refractivity contribution in [2.75, 3.05) is 6.54 Å². The average Bonchev–Trinajstić information content (AvgIpc) is 2.64. The molecule has 20 heavy (non-hydrogen) atoms. The van der Waals surface area contributed by atoms with Crippen molar-refractivity contribution in [2.45, 2.75) is 18.4 Å². The van der Waals surface area contributed by atoms with E-state index in [0.717, 1.165) is 22.4 Å². The van der Waals surface area contributed by atoms with Gasteiger partial charge in [0.25, 0.3) is 0 Å². The Kier molecular flexibility index (Phi) is 3.17. The van der Waals surface area contributed by atoms with Crippen LogP contribution in [0.3, 0.4) is 0 Å². The number of ether oxygens (including phenoxy) is 1. The van der Waals surface area contributed by atoms with Crippen molar-refractivity contribution < 1.29 is 4.74 Å². The monoisotopic (exact) mass is 264 g/mol. The normalized spacial score (nSPS) is 20.0. The number of nitriles is 1. The summed E-state index contributed by atoms with van der Waals surface area (Å²) in [6, 6.07) is 18.2. The number of nitrogens with two attached hydrogens (primary N) is 1. The molecule has 2 N–H and O–H groups in total. The molecule has 0 saturated carbocycles. The van der Waals surface area contributed by atoms with Crippen LogP contribution in [0.4, 0.5) is 0 Å². The van der Waals surface area contributed by atoms with Crippen LogP contribution in [-0.4, -0.2) is 6.54 Å². The summed E-state index contributed by atoms with van der Waals surface area (Å²) in [7, 11) is 0. The SMILES string of the molecule is N#CC1(CCN)c2ccccc2COc2ccccc21. The minimum Gasteiger partial charge on any atom is -0.489 e. The van der Waals surface area contributed by atoms with E-state index in [2.05, 4.69) is 6.07 Å². The van der Waals surface area contributed by atoms with Crippen LogP contribution in [0, 0.1) is 11.3 Å². The molecule has 1 atom stereocenters. The molecule has 0 aromatic heterocycles. The van der Waals surface area contributed by atoms with Gasteiger partial charge in [-0.2, -0.15) is 5.26 Å². The molecular weight excluding hydrogens is 248 g/mol. The smallest absolute Gasteiger partial charge is 0.124 e. The third-order valence-corrected chi connectivity index (χ3v) is 3.92. The molecule has 2 aromatic carbocycles. The lowest BCUT2D eigenvalue weighted by atomic mass is 9.71. The van der Waals surface area contributed by atoms with Crippen LogP contribution in [0.25, 0.3) is 0 Å². The van der Waals surface area contributed by atoms with E-state index in [9.17, 15) is 5.26 Å². The molecule has 0 bridgehead atoms. The van der Waals surface area contributed by atoms with Crippen LogP contribution in [0.2, 0.25) is 0 Å². The fourth-order valence-corrected chi connectivity index (χ4v) is 2.97. The Bertz CT molecular complexity index is 625. The number of para-hydroxylation sites is 1. The largest absolute Gasteiger partial charge is 0.489 e. The van der Waals surface area contributed by atoms with Gasteiger partial charge in [0.2, 0.25) is 0 Å². The molecule has 0 amide bonds. The summed E-state index contributed by atoms with van der Waals surface area (Å²) in [4.78, 5) is 0. The van der Waals surface area contributed by atoms with E-state index in [1.54, 1.807) is 0 Å². The Morgan fingerprint density at radius 1 is 1.10 bits per heavy atom. The summed E-state index contributed by atoms with van der Waals surface area (Å²) < 4.78 is 5.89. The van der Waals surface area contributed by atoms with Crippen LogP contribution in [0.5, 0.6) is 5.75 Å². The van der Waals surface area contributed by atoms with Crippen LogP contribution in [0.15, 0.2) is 48.5 Å². The maximum absolute atomic E-state index is 9.93. The summed E-state index contributed by atoms with van der Waals surface area (Å²) >= 11 is 0. The number of fused-ring (bicyclic) bond motifs is 2. The van der Waals surface area contributed by atoms with Crippen LogP contribution < -0.4 is 10.5 Å². The van der Waals surface area contributed by atoms with E-state index in [4.69, 9.17) is 10.5 Å². The molecule has 1 unspecified atom stereocenters. The topological polar surface area (TPSA) is 59.0 Å². The van der Waals surface area contributed by atoms with E-state index in [0.29, 0.717) is 19.6 Å². The molecule has 100 valence electrons. The van der Waals surface area contributed by atoms with Gasteiger partial charge in [0, 0.05) is 5.56 Å². The van der Waals surface area contributed by atoms with Crippen LogP contribution >= 0.6 is 0 Å². The zero-order chi connectivity index (χ0) is 14.0. The molecule has 2 aromatic rings. The Balaban J connectivity index is 2.32. The van der Waals surface area contributed by atoms with Crippen molar-refractivity contribution in [2.24, 2.45) is 5.73 Å². The predicted molar refractivity (Wildman–Crippen MR) is 77.3 cm³/mol. The molecule has 0 radical (unpaired) electrons. The zero-order valence-electron chi connectivity index (χ0n) is 11.2. The van der Waals surface area contributed by atoms with E-state index >= 15 is 0 Å². The quantitative estimate of drug-likeness (QED) is 0.907. The molecule has 1 aliphatic heterocycles. The van der Waals surface area contributed by atoms with E-state index < -0.39 is 5.41 Å². The Hall–Kier alpha value is -2.31. The van der Waals surface area contributed by atoms with Gasteiger partial charge in [-0.1, -0.05) is 42.5 Å². The summed E-state index contributed by atoms with van der Waals surface area (Å²) in [5.41, 5.74) is 8.05. The highest BCUT2D eigenvalue weighted by Crippen LogP contribution is 2.43. The molecule has 1 heterocycles. The molecule has 3 heteroatoms. The molecule has 1 aliphatic rings. The second-order valence-corrected chi connectivity index (χ2v) is 5.00. The van der Waals surface area contributed by atoms with Gasteiger partial charge in [0.1, 0.15) is 17.8 Å². The minimum absolute atomic E-state index is 0.455. The fraction of sp³-hybridized carbons (Fsp3) is 0.235. The minimum atomic E-state index is -0.724. The number of hydrogen-bond acceptors (Lipinski definition) is 3. The Morgan fingerprint density at radius 2 is 1.80 bits per heavy atom. The fourth-order valence-electron chi connectivity index (χ4n) is 2.97. The zero-order valence-corrected chi connectivity index (χ0v) is 11.2. The van der Waals surface area contributed by atoms with Gasteiger partial charge >= 0.3 is 0 Å². The van der Waals surface area contributed by atoms with E-state index in [1.165, 1.54) is 0 Å². The lowest BCUT2D eigenvalue weighted by Gasteiger charge is -2.27. The molecule has 0 saturated heterocycles. The first-order valence-electron chi connectivity index (χ1n) is 6.74. The summed E-state index contributed by atoms with van der Waals surface area (Å²) in [6.45, 7) is 0.942. The highest BCUT2D eigenvalue weighted by molar-refractivity contribution is 5.55. The van der Waals surface area contributed by atoms with Gasteiger partial charge in [-0.25, -0.2) is 0 Å². The number of hydrogen-bond donors (Lipinski definition) is 1. The lowest BCUT2D eigenvalue weighted by Crippen LogP contribution is -2.29. The first-order valence-corrected chi connectivity index (χ1v) is 6.74. The van der Waals surface area contributed by atoms with Crippen molar-refractivity contribution in [1.29, 1.82) is 5.26 Å². The highest BCUT2D eigenvalue weighted by Gasteiger charge is 2.39. The maximum atomic E-state index is 9.93. The van der Waals surface area contributed by atoms with Crippen LogP contribution in [0.1, 0.15) is 23.1 Å². The van der Waals surface area contributed by atoms with Crippen molar-refractivity contribution in [3.05, 3.63) is 65.2 Å². The summed E-state index contributed by atoms with van der Waals surface area (Å²) in [5, 5.41) is 9.93. The second kappa shape index (κ2) is 4.99. The Labute approximate surface area is 118 Å². The number of benzene rings is 2. The van der Waals surface area contributed by atoms with Gasteiger partial charge < -0.3 is 10.5 Å². The Morgan fingerprint density at radius 3 is 2.55 bits per heavy atom. The average molecular weight is 264 g/mol. The van der Waals surface area contributed by atoms with Gasteiger partial charge in [-0.3, -0.25) is 0 Å². The maximum Gasteiger partial charge on any atom is 0.124 e. The summed E-state index contributed by atoms with van der Waals surface area (Å²) in [6.07, 6.45) is 0.584. The molecule has 0 fully saturated rings. The van der Waals surface area contributed by atoms with E-state index in [1.807, 2.05) is 48.5 Å². The lowest BCUT2D eigenvalue weighted by molar-refractivity contribution is 0.306. The molecule has 3 rings (SSSR count). The van der Waals surface area contributed by atoms with Crippen LogP contribution in [-0.2, 0) is 12.0 Å². The number of rotatable bonds is 2. The molecule has 0 spiro atoms. The second-order valence-electron chi connectivity index (χ2n) is 5.00. The molecular formula is C17H16N2O. The third-order valence-electron chi connectivity index (χ3n) is 3.92. The van der Waals surface area contributed by atoms with Crippen molar-refractivity contribution in [3.63, 3.8) is 0 Å². The number of nitrogens with zero attached hydrogens (tertiary/aromatic N) is 1. The predicted octanol–water partition coefficient (Wildman–Crippen LogP) is 2.74. The third kappa shape index (κ3) is 1.77. The standard InChI is InChI=1S/C17H16N2O/c18-10-9-17(12-19)14-6-2-1-5-13(14)11-20-16-8-4-3-7-15(16)17/h1-8H,9-11,18H2. The highest BCUT2D eigenvalue weighted by atomic mass is 16.5. The van der Waals surface area contributed by atoms with Gasteiger partial charge in [-0.15, -0.1) is 0 Å². The van der Waals surface area contributed by atoms with Crippen molar-refractivity contribution >= 4 is 0 Å². The van der Waals surface area contributed by atoms with Gasteiger partial charge in [0.15, 0.2) is 0 Å². The molecule has 0 aliphatic carbocycles.